The summed E-state index contributed by atoms with van der Waals surface area (Å²) in [5.41, 5.74) is -0.173. The molecule has 0 amide bonds. The van der Waals surface area contributed by atoms with E-state index in [1.54, 1.807) is 0 Å². The number of hydrogen-bond donors (Lipinski definition) is 0. The van der Waals surface area contributed by atoms with E-state index in [1.165, 1.54) is 6.07 Å². The molecule has 0 bridgehead atoms. The average molecular weight is 210 g/mol. The molecule has 0 aliphatic rings. The van der Waals surface area contributed by atoms with Gasteiger partial charge < -0.3 is 0 Å². The molecule has 0 aromatic heterocycles. The Morgan fingerprint density at radius 1 is 0.800 bits per heavy atom. The SMILES string of the molecule is O=Cc1cc2cc(F)c(F)cc2cc1F. The van der Waals surface area contributed by atoms with E-state index in [0.29, 0.717) is 6.29 Å². The first-order valence-electron chi connectivity index (χ1n) is 4.15. The molecule has 76 valence electrons. The summed E-state index contributed by atoms with van der Waals surface area (Å²) in [6.45, 7) is 0. The fourth-order valence-electron chi connectivity index (χ4n) is 1.37. The van der Waals surface area contributed by atoms with E-state index in [0.717, 1.165) is 18.2 Å². The third-order valence-electron chi connectivity index (χ3n) is 2.12. The molecule has 0 fully saturated rings. The van der Waals surface area contributed by atoms with Gasteiger partial charge in [0, 0.05) is 0 Å². The van der Waals surface area contributed by atoms with Gasteiger partial charge in [-0.05, 0) is 35.0 Å². The molecule has 0 radical (unpaired) electrons. The van der Waals surface area contributed by atoms with Crippen molar-refractivity contribution in [3.05, 3.63) is 47.3 Å². The average Bonchev–Trinajstić information content (AvgIpc) is 2.20. The first-order chi connectivity index (χ1) is 7.11. The van der Waals surface area contributed by atoms with Gasteiger partial charge in [0.1, 0.15) is 5.82 Å². The van der Waals surface area contributed by atoms with E-state index < -0.39 is 17.5 Å². The Bertz CT molecular complexity index is 549. The summed E-state index contributed by atoms with van der Waals surface area (Å²) in [5.74, 6) is -2.81. The monoisotopic (exact) mass is 210 g/mol. The smallest absolute Gasteiger partial charge is 0.159 e. The minimum absolute atomic E-state index is 0.173. The number of carbonyl (C=O) groups excluding carboxylic acids is 1. The van der Waals surface area contributed by atoms with Crippen LogP contribution in [0.3, 0.4) is 0 Å². The van der Waals surface area contributed by atoms with Gasteiger partial charge in [-0.2, -0.15) is 0 Å². The van der Waals surface area contributed by atoms with Crippen molar-refractivity contribution in [2.24, 2.45) is 0 Å². The fourth-order valence-corrected chi connectivity index (χ4v) is 1.37. The summed E-state index contributed by atoms with van der Waals surface area (Å²) in [7, 11) is 0. The first kappa shape index (κ1) is 9.71. The molecule has 2 aromatic carbocycles. The lowest BCUT2D eigenvalue weighted by atomic mass is 10.1. The Hall–Kier alpha value is -1.84. The normalized spacial score (nSPS) is 10.6. The number of fused-ring (bicyclic) bond motifs is 1. The Morgan fingerprint density at radius 2 is 1.27 bits per heavy atom. The zero-order chi connectivity index (χ0) is 11.0. The first-order valence-corrected chi connectivity index (χ1v) is 4.15. The van der Waals surface area contributed by atoms with E-state index >= 15 is 0 Å². The number of hydrogen-bond acceptors (Lipinski definition) is 1. The Labute approximate surface area is 83.1 Å². The van der Waals surface area contributed by atoms with E-state index in [9.17, 15) is 18.0 Å². The number of aldehydes is 1. The van der Waals surface area contributed by atoms with Crippen molar-refractivity contribution in [2.45, 2.75) is 0 Å². The second kappa shape index (κ2) is 3.38. The van der Waals surface area contributed by atoms with Gasteiger partial charge in [0.2, 0.25) is 0 Å². The maximum atomic E-state index is 13.1. The lowest BCUT2D eigenvalue weighted by Gasteiger charge is -2.01. The molecule has 0 spiro atoms. The minimum atomic E-state index is -1.04. The van der Waals surface area contributed by atoms with E-state index in [2.05, 4.69) is 0 Å². The number of benzene rings is 2. The van der Waals surface area contributed by atoms with Crippen LogP contribution in [-0.4, -0.2) is 6.29 Å². The largest absolute Gasteiger partial charge is 0.298 e. The Kier molecular flexibility index (Phi) is 2.19. The molecule has 0 saturated heterocycles. The maximum Gasteiger partial charge on any atom is 0.159 e. The molecule has 0 N–H and O–H groups in total. The Balaban J connectivity index is 2.82. The molecule has 2 aromatic rings. The lowest BCUT2D eigenvalue weighted by molar-refractivity contribution is 0.112. The molecular weight excluding hydrogens is 205 g/mol. The van der Waals surface area contributed by atoms with Crippen LogP contribution >= 0.6 is 0 Å². The summed E-state index contributed by atoms with van der Waals surface area (Å²) < 4.78 is 38.7. The second-order valence-corrected chi connectivity index (χ2v) is 3.11. The van der Waals surface area contributed by atoms with Crippen LogP contribution in [0.5, 0.6) is 0 Å². The molecule has 0 saturated carbocycles. The Morgan fingerprint density at radius 3 is 1.80 bits per heavy atom. The highest BCUT2D eigenvalue weighted by Gasteiger charge is 2.08. The standard InChI is InChI=1S/C11H5F3O/c12-9-2-7-4-11(14)10(13)3-6(7)1-8(9)5-15/h1-5H. The number of carbonyl (C=O) groups is 1. The van der Waals surface area contributed by atoms with E-state index in [-0.39, 0.29) is 16.3 Å². The highest BCUT2D eigenvalue weighted by Crippen LogP contribution is 2.21. The zero-order valence-corrected chi connectivity index (χ0v) is 7.43. The molecule has 0 atom stereocenters. The van der Waals surface area contributed by atoms with Crippen molar-refractivity contribution in [2.75, 3.05) is 0 Å². The van der Waals surface area contributed by atoms with Gasteiger partial charge in [-0.25, -0.2) is 13.2 Å². The van der Waals surface area contributed by atoms with Gasteiger partial charge in [-0.15, -0.1) is 0 Å². The van der Waals surface area contributed by atoms with Crippen molar-refractivity contribution in [1.29, 1.82) is 0 Å². The van der Waals surface area contributed by atoms with Crippen LogP contribution in [0.2, 0.25) is 0 Å². The van der Waals surface area contributed by atoms with Gasteiger partial charge in [-0.1, -0.05) is 0 Å². The van der Waals surface area contributed by atoms with E-state index in [4.69, 9.17) is 0 Å². The van der Waals surface area contributed by atoms with Crippen molar-refractivity contribution in [3.8, 4) is 0 Å². The highest BCUT2D eigenvalue weighted by atomic mass is 19.2. The zero-order valence-electron chi connectivity index (χ0n) is 7.43. The predicted molar refractivity (Wildman–Crippen MR) is 49.2 cm³/mol. The lowest BCUT2D eigenvalue weighted by Crippen LogP contribution is -1.90. The maximum absolute atomic E-state index is 13.1. The van der Waals surface area contributed by atoms with Crippen molar-refractivity contribution in [3.63, 3.8) is 0 Å². The van der Waals surface area contributed by atoms with Crippen molar-refractivity contribution < 1.29 is 18.0 Å². The third kappa shape index (κ3) is 1.58. The quantitative estimate of drug-likeness (QED) is 0.661. The topological polar surface area (TPSA) is 17.1 Å². The molecule has 15 heavy (non-hydrogen) atoms. The van der Waals surface area contributed by atoms with Gasteiger partial charge in [0.15, 0.2) is 17.9 Å². The van der Waals surface area contributed by atoms with Crippen LogP contribution in [0.4, 0.5) is 13.2 Å². The fraction of sp³-hybridized carbons (Fsp3) is 0. The van der Waals surface area contributed by atoms with E-state index in [1.807, 2.05) is 0 Å². The third-order valence-corrected chi connectivity index (χ3v) is 2.12. The van der Waals surface area contributed by atoms with Gasteiger partial charge >= 0.3 is 0 Å². The van der Waals surface area contributed by atoms with Crippen molar-refractivity contribution >= 4 is 17.1 Å². The van der Waals surface area contributed by atoms with Crippen LogP contribution < -0.4 is 0 Å². The summed E-state index contributed by atoms with van der Waals surface area (Å²) in [6, 6.07) is 4.00. The molecule has 0 aliphatic heterocycles. The van der Waals surface area contributed by atoms with Crippen LogP contribution in [0, 0.1) is 17.5 Å². The molecular formula is C11H5F3O. The van der Waals surface area contributed by atoms with Gasteiger partial charge in [0.25, 0.3) is 0 Å². The molecule has 1 nitrogen and oxygen atoms in total. The minimum Gasteiger partial charge on any atom is -0.298 e. The predicted octanol–water partition coefficient (Wildman–Crippen LogP) is 3.07. The van der Waals surface area contributed by atoms with Crippen LogP contribution in [-0.2, 0) is 0 Å². The summed E-state index contributed by atoms with van der Waals surface area (Å²) >= 11 is 0. The summed E-state index contributed by atoms with van der Waals surface area (Å²) in [5, 5.41) is 0.509. The molecule has 0 aliphatic carbocycles. The summed E-state index contributed by atoms with van der Waals surface area (Å²) in [6.07, 6.45) is 0.329. The molecule has 4 heteroatoms. The van der Waals surface area contributed by atoms with Gasteiger partial charge in [0.05, 0.1) is 5.56 Å². The highest BCUT2D eigenvalue weighted by molar-refractivity contribution is 5.89. The molecule has 0 unspecified atom stereocenters. The number of rotatable bonds is 1. The van der Waals surface area contributed by atoms with Crippen LogP contribution in [0.25, 0.3) is 10.8 Å². The second-order valence-electron chi connectivity index (χ2n) is 3.11. The van der Waals surface area contributed by atoms with Crippen LogP contribution in [0.1, 0.15) is 10.4 Å². The molecule has 0 heterocycles. The van der Waals surface area contributed by atoms with Gasteiger partial charge in [-0.3, -0.25) is 4.79 Å². The van der Waals surface area contributed by atoms with Crippen molar-refractivity contribution in [1.82, 2.24) is 0 Å². The number of halogens is 3. The molecule has 2 rings (SSSR count). The van der Waals surface area contributed by atoms with Crippen LogP contribution in [0.15, 0.2) is 24.3 Å². The summed E-state index contributed by atoms with van der Waals surface area (Å²) in [4.78, 5) is 10.4.